The molecule has 0 radical (unpaired) electrons. The largest absolute Gasteiger partial charge is 0.504 e. The Labute approximate surface area is 306 Å². The van der Waals surface area contributed by atoms with Gasteiger partial charge >= 0.3 is 18.1 Å². The number of aromatic nitrogens is 3. The number of alkyl halides is 3. The van der Waals surface area contributed by atoms with Crippen LogP contribution in [-0.4, -0.2) is 88.9 Å². The van der Waals surface area contributed by atoms with E-state index in [2.05, 4.69) is 30.4 Å². The number of thioether (sulfide) groups is 2. The van der Waals surface area contributed by atoms with Crippen LogP contribution in [0.4, 0.5) is 18.3 Å². The third-order valence-corrected chi connectivity index (χ3v) is 11.4. The molecule has 0 unspecified atom stereocenters. The van der Waals surface area contributed by atoms with Crippen molar-refractivity contribution in [3.63, 3.8) is 0 Å². The summed E-state index contributed by atoms with van der Waals surface area (Å²) >= 11 is 4.52. The Morgan fingerprint density at radius 3 is 2.60 bits per heavy atom. The number of aromatic hydroxyl groups is 1. The minimum absolute atomic E-state index is 0.0570. The van der Waals surface area contributed by atoms with Crippen LogP contribution in [0.3, 0.4) is 0 Å². The summed E-state index contributed by atoms with van der Waals surface area (Å²) in [7, 11) is 0. The van der Waals surface area contributed by atoms with Crippen LogP contribution in [0, 0.1) is 0 Å². The average molecular weight is 794 g/mol. The van der Waals surface area contributed by atoms with Crippen molar-refractivity contribution >= 4 is 80.8 Å². The van der Waals surface area contributed by atoms with Gasteiger partial charge in [0.05, 0.1) is 0 Å². The number of nitrogens with two attached hydrogens (primary N) is 1. The lowest BCUT2D eigenvalue weighted by Gasteiger charge is -2.49. The number of hydrogen-bond donors (Lipinski definition) is 4. The number of anilines is 1. The molecule has 5 N–H and O–H groups in total. The van der Waals surface area contributed by atoms with E-state index >= 15 is 0 Å². The normalized spacial score (nSPS) is 17.3. The number of oxime groups is 1. The number of aliphatic carboxylic acids is 1. The molecular formula is C30H22F3N7O8S4. The molecule has 2 aliphatic heterocycles. The van der Waals surface area contributed by atoms with Gasteiger partial charge in [0.2, 0.25) is 0 Å². The molecule has 2 aromatic carbocycles. The second-order valence-electron chi connectivity index (χ2n) is 10.6. The first-order valence-electron chi connectivity index (χ1n) is 14.5. The maximum atomic E-state index is 13.4. The number of esters is 1. The number of thiazole rings is 1. The molecule has 1 fully saturated rings. The van der Waals surface area contributed by atoms with E-state index in [0.29, 0.717) is 9.91 Å². The highest BCUT2D eigenvalue weighted by Crippen LogP contribution is 2.42. The van der Waals surface area contributed by atoms with Gasteiger partial charge in [0.15, 0.2) is 26.7 Å². The summed E-state index contributed by atoms with van der Waals surface area (Å²) in [6.07, 6.45) is -5.25. The Hall–Kier alpha value is -5.19. The number of β-lactam (4-membered cyclic amide) rings is 1. The number of halogens is 3. The number of carbonyl (C=O) groups is 4. The molecule has 0 saturated carbocycles. The minimum Gasteiger partial charge on any atom is -0.504 e. The minimum atomic E-state index is -5.25. The number of fused-ring (bicyclic) bond motifs is 1. The van der Waals surface area contributed by atoms with Gasteiger partial charge in [-0.05, 0) is 29.3 Å². The smallest absolute Gasteiger partial charge is 0.491 e. The van der Waals surface area contributed by atoms with Gasteiger partial charge in [-0.15, -0.1) is 33.3 Å². The number of carboxylic acids is 1. The van der Waals surface area contributed by atoms with Gasteiger partial charge in [0.1, 0.15) is 34.4 Å². The maximum absolute atomic E-state index is 13.4. The zero-order valence-corrected chi connectivity index (χ0v) is 29.2. The number of benzene rings is 2. The van der Waals surface area contributed by atoms with Crippen LogP contribution < -0.4 is 15.8 Å². The standard InChI is InChI=1S/C30H22F3N7O8S4/c31-30(32,33)27(46)48-18-7-6-14(8-17(18)41)23-37-38-29(52-23)51-11-15-10-49-25-20(24(43)40(25)21(15)26(44)45)36-22(42)19(16-12-50-28(34)35-16)39-47-9-13-4-2-1-3-5-13/h1-8,12,20,25,41H,9-11H2,(H2,34,35)(H,36,42)(H,44,45)/t20-,25+/m1/s1. The SMILES string of the molecule is Nc1nc(C(=NOCc2ccccc2)C(=O)N[C@@H]2C(=O)N3C(C(=O)O)=C(CSc4nnc(-c5ccc(OC(=O)C(F)(F)F)c(O)c5)s4)CS[C@@H]23)cs1. The van der Waals surface area contributed by atoms with E-state index in [4.69, 9.17) is 10.6 Å². The first-order valence-corrected chi connectivity index (χ1v) is 18.3. The van der Waals surface area contributed by atoms with Crippen LogP contribution in [0.1, 0.15) is 11.3 Å². The Balaban J connectivity index is 1.11. The molecular weight excluding hydrogens is 772 g/mol. The summed E-state index contributed by atoms with van der Waals surface area (Å²) in [6.45, 7) is 0.0570. The van der Waals surface area contributed by atoms with Crippen LogP contribution in [0.25, 0.3) is 10.6 Å². The topological polar surface area (TPSA) is 220 Å². The van der Waals surface area contributed by atoms with Crippen LogP contribution in [0.15, 0.2) is 74.7 Å². The molecule has 2 atom stereocenters. The molecule has 6 rings (SSSR count). The fourth-order valence-corrected chi connectivity index (χ4v) is 8.66. The molecule has 4 heterocycles. The van der Waals surface area contributed by atoms with Gasteiger partial charge < -0.3 is 30.8 Å². The van der Waals surface area contributed by atoms with Crippen molar-refractivity contribution in [2.24, 2.45) is 5.16 Å². The number of phenolic OH excluding ortho intramolecular Hbond substituents is 1. The maximum Gasteiger partial charge on any atom is 0.491 e. The Bertz CT molecular complexity index is 2110. The molecule has 52 heavy (non-hydrogen) atoms. The highest BCUT2D eigenvalue weighted by atomic mass is 32.2. The fourth-order valence-electron chi connectivity index (χ4n) is 4.78. The van der Waals surface area contributed by atoms with E-state index in [9.17, 15) is 42.6 Å². The van der Waals surface area contributed by atoms with Crippen molar-refractivity contribution in [1.82, 2.24) is 25.4 Å². The quantitative estimate of drug-likeness (QED) is 0.0400. The molecule has 0 spiro atoms. The molecule has 15 nitrogen and oxygen atoms in total. The van der Waals surface area contributed by atoms with Crippen molar-refractivity contribution in [2.75, 3.05) is 17.2 Å². The van der Waals surface area contributed by atoms with Gasteiger partial charge in [-0.25, -0.2) is 14.6 Å². The number of amides is 2. The lowest BCUT2D eigenvalue weighted by atomic mass is 10.0. The van der Waals surface area contributed by atoms with Crippen molar-refractivity contribution < 1.29 is 52.1 Å². The monoisotopic (exact) mass is 793 g/mol. The van der Waals surface area contributed by atoms with E-state index in [-0.39, 0.29) is 50.9 Å². The summed E-state index contributed by atoms with van der Waals surface area (Å²) in [4.78, 5) is 60.8. The van der Waals surface area contributed by atoms with Gasteiger partial charge in [-0.3, -0.25) is 14.5 Å². The van der Waals surface area contributed by atoms with Gasteiger partial charge in [-0.2, -0.15) is 13.2 Å². The number of nitrogen functional groups attached to an aromatic ring is 1. The summed E-state index contributed by atoms with van der Waals surface area (Å²) in [5.74, 6) is -6.36. The molecule has 2 aliphatic rings. The molecule has 0 bridgehead atoms. The Kier molecular flexibility index (Phi) is 10.7. The number of hydrogen-bond acceptors (Lipinski definition) is 16. The van der Waals surface area contributed by atoms with E-state index in [0.717, 1.165) is 57.0 Å². The van der Waals surface area contributed by atoms with Crippen LogP contribution >= 0.6 is 46.2 Å². The van der Waals surface area contributed by atoms with Gasteiger partial charge in [-0.1, -0.05) is 58.6 Å². The fraction of sp³-hybridized carbons (Fsp3) is 0.200. The van der Waals surface area contributed by atoms with E-state index < -0.39 is 52.8 Å². The van der Waals surface area contributed by atoms with Crippen LogP contribution in [0.5, 0.6) is 11.5 Å². The highest BCUT2D eigenvalue weighted by molar-refractivity contribution is 8.01. The third-order valence-electron chi connectivity index (χ3n) is 7.16. The number of carboxylic acid groups (broad SMARTS) is 1. The molecule has 4 aromatic rings. The number of phenols is 1. The van der Waals surface area contributed by atoms with Crippen molar-refractivity contribution in [1.29, 1.82) is 0 Å². The number of nitrogens with zero attached hydrogens (tertiary/aromatic N) is 5. The predicted molar refractivity (Wildman–Crippen MR) is 183 cm³/mol. The second kappa shape index (κ2) is 15.2. The van der Waals surface area contributed by atoms with Crippen LogP contribution in [0.2, 0.25) is 0 Å². The average Bonchev–Trinajstić information content (AvgIpc) is 3.77. The van der Waals surface area contributed by atoms with Gasteiger partial charge in [0, 0.05) is 22.4 Å². The van der Waals surface area contributed by atoms with Gasteiger partial charge in [0.25, 0.3) is 11.8 Å². The zero-order valence-electron chi connectivity index (χ0n) is 25.9. The Morgan fingerprint density at radius 1 is 1.15 bits per heavy atom. The molecule has 270 valence electrons. The first kappa shape index (κ1) is 36.6. The Morgan fingerprint density at radius 2 is 1.92 bits per heavy atom. The van der Waals surface area contributed by atoms with E-state index in [1.165, 1.54) is 23.2 Å². The highest BCUT2D eigenvalue weighted by Gasteiger charge is 2.54. The zero-order chi connectivity index (χ0) is 37.2. The summed E-state index contributed by atoms with van der Waals surface area (Å²) < 4.78 is 42.1. The van der Waals surface area contributed by atoms with Crippen LogP contribution in [-0.2, 0) is 30.6 Å². The van der Waals surface area contributed by atoms with Crippen molar-refractivity contribution in [2.45, 2.75) is 28.5 Å². The lowest BCUT2D eigenvalue weighted by Crippen LogP contribution is -2.71. The lowest BCUT2D eigenvalue weighted by molar-refractivity contribution is -0.189. The molecule has 2 amide bonds. The first-order chi connectivity index (χ1) is 24.8. The summed E-state index contributed by atoms with van der Waals surface area (Å²) in [6, 6.07) is 11.3. The number of ether oxygens (including phenoxy) is 1. The van der Waals surface area contributed by atoms with E-state index in [1.807, 2.05) is 30.3 Å². The number of nitrogens with one attached hydrogen (secondary N) is 1. The molecule has 2 aromatic heterocycles. The summed E-state index contributed by atoms with van der Waals surface area (Å²) in [5.41, 5.74) is 6.94. The molecule has 0 aliphatic carbocycles. The third kappa shape index (κ3) is 7.98. The molecule has 22 heteroatoms. The summed E-state index contributed by atoms with van der Waals surface area (Å²) in [5, 5.41) is 36.1. The van der Waals surface area contributed by atoms with E-state index in [1.54, 1.807) is 0 Å². The van der Waals surface area contributed by atoms with Crippen molar-refractivity contribution in [3.05, 3.63) is 76.4 Å². The second-order valence-corrected chi connectivity index (χ2v) is 14.8. The predicted octanol–water partition coefficient (Wildman–Crippen LogP) is 3.87. The number of rotatable bonds is 12. The van der Waals surface area contributed by atoms with Crippen molar-refractivity contribution in [3.8, 4) is 22.1 Å². The number of carbonyl (C=O) groups excluding carboxylic acids is 3. The molecule has 1 saturated heterocycles.